The number of rotatable bonds is 5. The zero-order valence-electron chi connectivity index (χ0n) is 21.6. The molecule has 5 heteroatoms. The lowest BCUT2D eigenvalue weighted by Gasteiger charge is -2.57. The summed E-state index contributed by atoms with van der Waals surface area (Å²) in [4.78, 5) is 17.2. The number of fused-ring (bicyclic) bond motifs is 5. The van der Waals surface area contributed by atoms with Crippen LogP contribution in [0.2, 0.25) is 0 Å². The topological polar surface area (TPSA) is 71.5 Å². The lowest BCUT2D eigenvalue weighted by molar-refractivity contribution is -0.125. The molecule has 1 aromatic rings. The van der Waals surface area contributed by atoms with Crippen LogP contribution in [0.25, 0.3) is 0 Å². The summed E-state index contributed by atoms with van der Waals surface area (Å²) in [6, 6.07) is 3.62. The average molecular weight is 479 g/mol. The Labute approximate surface area is 210 Å². The molecule has 0 aliphatic heterocycles. The molecule has 5 rings (SSSR count). The van der Waals surface area contributed by atoms with Gasteiger partial charge in [0, 0.05) is 24.9 Å². The maximum Gasteiger partial charge on any atom is 0.270 e. The van der Waals surface area contributed by atoms with E-state index in [4.69, 9.17) is 11.2 Å². The van der Waals surface area contributed by atoms with Crippen LogP contribution in [0.3, 0.4) is 0 Å². The fraction of sp³-hybridized carbons (Fsp3) is 0.733. The van der Waals surface area contributed by atoms with Gasteiger partial charge in [-0.2, -0.15) is 0 Å². The van der Waals surface area contributed by atoms with E-state index in [0.717, 1.165) is 42.9 Å². The van der Waals surface area contributed by atoms with Crippen molar-refractivity contribution < 1.29 is 14.6 Å². The van der Waals surface area contributed by atoms with Crippen LogP contribution in [0.4, 0.5) is 0 Å². The second-order valence-electron chi connectivity index (χ2n) is 12.4. The lowest BCUT2D eigenvalue weighted by Crippen LogP contribution is -2.53. The summed E-state index contributed by atoms with van der Waals surface area (Å²) in [6.07, 6.45) is 17.5. The van der Waals surface area contributed by atoms with E-state index in [1.54, 1.807) is 25.4 Å². The Morgan fingerprint density at radius 1 is 1.20 bits per heavy atom. The second kappa shape index (κ2) is 9.52. The number of hydrogen-bond acceptors (Lipinski definition) is 4. The van der Waals surface area contributed by atoms with E-state index in [1.165, 1.54) is 38.5 Å². The Balaban J connectivity index is 1.25. The summed E-state index contributed by atoms with van der Waals surface area (Å²) >= 11 is 0. The summed E-state index contributed by atoms with van der Waals surface area (Å²) < 4.78 is 5.35. The Morgan fingerprint density at radius 2 is 2.00 bits per heavy atom. The molecule has 4 aliphatic rings. The highest BCUT2D eigenvalue weighted by atomic mass is 16.5. The van der Waals surface area contributed by atoms with Crippen LogP contribution in [-0.2, 0) is 4.74 Å². The summed E-state index contributed by atoms with van der Waals surface area (Å²) in [5.74, 6) is 6.72. The molecule has 0 aromatic carbocycles. The first-order valence-electron chi connectivity index (χ1n) is 13.7. The molecule has 190 valence electrons. The van der Waals surface area contributed by atoms with E-state index in [2.05, 4.69) is 30.1 Å². The van der Waals surface area contributed by atoms with Crippen LogP contribution < -0.4 is 5.32 Å². The number of aliphatic hydroxyl groups is 1. The van der Waals surface area contributed by atoms with Gasteiger partial charge in [-0.1, -0.05) is 12.8 Å². The predicted octanol–water partition coefficient (Wildman–Crippen LogP) is 4.83. The predicted molar refractivity (Wildman–Crippen MR) is 137 cm³/mol. The van der Waals surface area contributed by atoms with Gasteiger partial charge in [0.25, 0.3) is 5.91 Å². The van der Waals surface area contributed by atoms with Gasteiger partial charge in [0.2, 0.25) is 0 Å². The molecule has 1 amide bonds. The Hall–Kier alpha value is -1.90. The molecule has 0 bridgehead atoms. The zero-order chi connectivity index (χ0) is 24.8. The number of amides is 1. The van der Waals surface area contributed by atoms with Crippen molar-refractivity contribution in [2.75, 3.05) is 13.7 Å². The highest BCUT2D eigenvalue weighted by Gasteiger charge is 2.58. The Morgan fingerprint density at radius 3 is 2.71 bits per heavy atom. The summed E-state index contributed by atoms with van der Waals surface area (Å²) in [5, 5.41) is 14.3. The zero-order valence-corrected chi connectivity index (χ0v) is 21.6. The van der Waals surface area contributed by atoms with Crippen molar-refractivity contribution in [3.05, 3.63) is 29.6 Å². The number of hydrogen-bond donors (Lipinski definition) is 2. The van der Waals surface area contributed by atoms with Crippen LogP contribution in [-0.4, -0.2) is 41.4 Å². The molecule has 4 aliphatic carbocycles. The third kappa shape index (κ3) is 4.42. The van der Waals surface area contributed by atoms with Crippen molar-refractivity contribution in [1.82, 2.24) is 10.3 Å². The fourth-order valence-corrected chi connectivity index (χ4v) is 9.22. The first-order valence-corrected chi connectivity index (χ1v) is 13.7. The van der Waals surface area contributed by atoms with E-state index in [0.29, 0.717) is 29.7 Å². The van der Waals surface area contributed by atoms with Gasteiger partial charge in [-0.05, 0) is 118 Å². The maximum absolute atomic E-state index is 12.9. The van der Waals surface area contributed by atoms with Crippen LogP contribution in [0.5, 0.6) is 0 Å². The number of aromatic nitrogens is 1. The molecular weight excluding hydrogens is 436 g/mol. The van der Waals surface area contributed by atoms with Crippen LogP contribution in [0.1, 0.15) is 87.7 Å². The largest absolute Gasteiger partial charge is 0.387 e. The van der Waals surface area contributed by atoms with E-state index >= 15 is 0 Å². The molecule has 4 saturated carbocycles. The van der Waals surface area contributed by atoms with Crippen molar-refractivity contribution in [3.8, 4) is 12.3 Å². The number of carbonyl (C=O) groups excluding carboxylic acids is 1. The van der Waals surface area contributed by atoms with Crippen molar-refractivity contribution >= 4 is 5.91 Å². The molecule has 1 aromatic heterocycles. The first-order chi connectivity index (χ1) is 16.8. The molecule has 1 heterocycles. The average Bonchev–Trinajstić information content (AvgIpc) is 3.21. The lowest BCUT2D eigenvalue weighted by atomic mass is 9.48. The van der Waals surface area contributed by atoms with E-state index in [1.807, 2.05) is 0 Å². The van der Waals surface area contributed by atoms with Gasteiger partial charge < -0.3 is 15.2 Å². The molecule has 35 heavy (non-hydrogen) atoms. The van der Waals surface area contributed by atoms with Gasteiger partial charge in [-0.3, -0.25) is 4.79 Å². The molecule has 5 nitrogen and oxygen atoms in total. The Kier molecular flexibility index (Phi) is 6.74. The van der Waals surface area contributed by atoms with E-state index in [-0.39, 0.29) is 17.4 Å². The van der Waals surface area contributed by atoms with Crippen molar-refractivity contribution in [2.45, 2.75) is 83.3 Å². The van der Waals surface area contributed by atoms with Crippen molar-refractivity contribution in [3.63, 3.8) is 0 Å². The minimum Gasteiger partial charge on any atom is -0.387 e. The summed E-state index contributed by atoms with van der Waals surface area (Å²) in [5.41, 5.74) is 0.790. The van der Waals surface area contributed by atoms with E-state index < -0.39 is 5.60 Å². The monoisotopic (exact) mass is 478 g/mol. The number of nitrogens with zero attached hydrogens (tertiary/aromatic N) is 1. The fourth-order valence-electron chi connectivity index (χ4n) is 9.22. The van der Waals surface area contributed by atoms with E-state index in [9.17, 15) is 9.90 Å². The molecular formula is C30H42N2O3. The van der Waals surface area contributed by atoms with Gasteiger partial charge in [-0.15, -0.1) is 6.42 Å². The van der Waals surface area contributed by atoms with Gasteiger partial charge in [0.15, 0.2) is 0 Å². The highest BCUT2D eigenvalue weighted by Crippen LogP contribution is 2.65. The van der Waals surface area contributed by atoms with Gasteiger partial charge in [-0.25, -0.2) is 4.98 Å². The molecule has 0 radical (unpaired) electrons. The Bertz CT molecular complexity index is 971. The molecule has 0 saturated heterocycles. The third-order valence-corrected chi connectivity index (χ3v) is 10.7. The van der Waals surface area contributed by atoms with Crippen LogP contribution in [0.15, 0.2) is 18.3 Å². The number of ether oxygens (including phenoxy) is 1. The van der Waals surface area contributed by atoms with Crippen molar-refractivity contribution in [1.29, 1.82) is 0 Å². The molecule has 0 spiro atoms. The number of terminal acetylenes is 1. The summed E-state index contributed by atoms with van der Waals surface area (Å²) in [7, 11) is 1.70. The van der Waals surface area contributed by atoms with Gasteiger partial charge >= 0.3 is 0 Å². The summed E-state index contributed by atoms with van der Waals surface area (Å²) in [6.45, 7) is 5.17. The molecule has 9 atom stereocenters. The van der Waals surface area contributed by atoms with Crippen LogP contribution >= 0.6 is 0 Å². The molecule has 6 unspecified atom stereocenters. The van der Waals surface area contributed by atoms with Crippen LogP contribution in [0, 0.1) is 53.3 Å². The van der Waals surface area contributed by atoms with Gasteiger partial charge in [0.1, 0.15) is 5.69 Å². The third-order valence-electron chi connectivity index (χ3n) is 10.7. The number of methoxy groups -OCH3 is 1. The molecule has 2 N–H and O–H groups in total. The minimum atomic E-state index is -0.617. The maximum atomic E-state index is 12.9. The minimum absolute atomic E-state index is 0.104. The highest BCUT2D eigenvalue weighted by molar-refractivity contribution is 5.92. The molecule has 4 fully saturated rings. The standard InChI is InChI=1S/C30H42N2O3/c1-5-20-6-11-27(31-17-20)28(33)32-19(2)25-9-10-26-24-8-7-21-16-30(34,18-35-4)15-13-22(21)23(24)12-14-29(25,26)3/h1,6,11,17,19,21-26,34H,7-10,12-16,18H2,2-4H3,(H,32,33)/t19-,21?,22?,23+,24?,25?,26?,29?,30+/m0/s1. The smallest absolute Gasteiger partial charge is 0.270 e. The number of pyridine rings is 1. The number of nitrogens with one attached hydrogen (secondary N) is 1. The second-order valence-corrected chi connectivity index (χ2v) is 12.4. The SMILES string of the molecule is C#Cc1ccc(C(=O)N[C@@H](C)C2CCC3C4CCC5C[C@@](O)(COC)CCC5[C@H]4CCC32C)nc1. The normalized spacial score (nSPS) is 41.1. The quantitative estimate of drug-likeness (QED) is 0.595. The van der Waals surface area contributed by atoms with Crippen molar-refractivity contribution in [2.24, 2.45) is 40.9 Å². The van der Waals surface area contributed by atoms with Gasteiger partial charge in [0.05, 0.1) is 12.2 Å². The number of carbonyl (C=O) groups is 1. The first kappa shape index (κ1) is 24.8.